The van der Waals surface area contributed by atoms with Gasteiger partial charge >= 0.3 is 0 Å². The van der Waals surface area contributed by atoms with Crippen molar-refractivity contribution < 1.29 is 8.42 Å². The number of sulfonamides is 1. The normalized spacial score (nSPS) is 18.1. The van der Waals surface area contributed by atoms with Gasteiger partial charge in [-0.1, -0.05) is 0 Å². The fraction of sp³-hybridized carbons (Fsp3) is 0.545. The van der Waals surface area contributed by atoms with Crippen LogP contribution in [0.4, 0.5) is 0 Å². The van der Waals surface area contributed by atoms with E-state index >= 15 is 0 Å². The van der Waals surface area contributed by atoms with Crippen molar-refractivity contribution in [3.63, 3.8) is 0 Å². The van der Waals surface area contributed by atoms with Crippen LogP contribution in [0.3, 0.4) is 0 Å². The SMILES string of the molecule is O=S(=O)(Cc1ccncc1)NC1CCNCC1. The van der Waals surface area contributed by atoms with Gasteiger partial charge in [-0.15, -0.1) is 0 Å². The van der Waals surface area contributed by atoms with E-state index in [1.54, 1.807) is 24.5 Å². The van der Waals surface area contributed by atoms with E-state index in [-0.39, 0.29) is 11.8 Å². The zero-order valence-electron chi connectivity index (χ0n) is 9.59. The highest BCUT2D eigenvalue weighted by molar-refractivity contribution is 7.88. The molecule has 1 aromatic heterocycles. The zero-order valence-corrected chi connectivity index (χ0v) is 10.4. The van der Waals surface area contributed by atoms with Gasteiger partial charge in [0.15, 0.2) is 0 Å². The molecule has 94 valence electrons. The van der Waals surface area contributed by atoms with Gasteiger partial charge in [0.25, 0.3) is 0 Å². The Labute approximate surface area is 102 Å². The van der Waals surface area contributed by atoms with Gasteiger partial charge < -0.3 is 5.32 Å². The van der Waals surface area contributed by atoms with E-state index in [9.17, 15) is 8.42 Å². The Morgan fingerprint density at radius 1 is 1.29 bits per heavy atom. The summed E-state index contributed by atoms with van der Waals surface area (Å²) in [7, 11) is -3.24. The number of nitrogens with one attached hydrogen (secondary N) is 2. The molecule has 0 spiro atoms. The molecule has 2 N–H and O–H groups in total. The molecule has 0 radical (unpaired) electrons. The lowest BCUT2D eigenvalue weighted by molar-refractivity contribution is 0.427. The third-order valence-electron chi connectivity index (χ3n) is 2.79. The van der Waals surface area contributed by atoms with Crippen LogP contribution < -0.4 is 10.0 Å². The second-order valence-electron chi connectivity index (χ2n) is 4.26. The van der Waals surface area contributed by atoms with Crippen molar-refractivity contribution in [3.8, 4) is 0 Å². The molecule has 0 aromatic carbocycles. The molecular formula is C11H17N3O2S. The molecule has 0 amide bonds. The summed E-state index contributed by atoms with van der Waals surface area (Å²) >= 11 is 0. The van der Waals surface area contributed by atoms with Gasteiger partial charge in [-0.2, -0.15) is 0 Å². The first-order valence-electron chi connectivity index (χ1n) is 5.75. The molecule has 2 heterocycles. The molecule has 1 aliphatic heterocycles. The zero-order chi connectivity index (χ0) is 12.1. The van der Waals surface area contributed by atoms with Crippen LogP contribution in [0.15, 0.2) is 24.5 Å². The third kappa shape index (κ3) is 4.07. The summed E-state index contributed by atoms with van der Waals surface area (Å²) in [5, 5.41) is 3.21. The number of pyridine rings is 1. The van der Waals surface area contributed by atoms with Crippen LogP contribution in [0.5, 0.6) is 0 Å². The van der Waals surface area contributed by atoms with Crippen molar-refractivity contribution in [3.05, 3.63) is 30.1 Å². The molecule has 2 rings (SSSR count). The molecule has 1 saturated heterocycles. The van der Waals surface area contributed by atoms with Crippen molar-refractivity contribution in [2.24, 2.45) is 0 Å². The molecule has 1 aliphatic rings. The van der Waals surface area contributed by atoms with Gasteiger partial charge in [-0.25, -0.2) is 13.1 Å². The number of aromatic nitrogens is 1. The van der Waals surface area contributed by atoms with E-state index in [2.05, 4.69) is 15.0 Å². The summed E-state index contributed by atoms with van der Waals surface area (Å²) in [6, 6.07) is 3.52. The van der Waals surface area contributed by atoms with E-state index in [1.165, 1.54) is 0 Å². The second-order valence-corrected chi connectivity index (χ2v) is 6.01. The van der Waals surface area contributed by atoms with Crippen LogP contribution in [-0.4, -0.2) is 32.5 Å². The lowest BCUT2D eigenvalue weighted by Gasteiger charge is -2.23. The highest BCUT2D eigenvalue weighted by Crippen LogP contribution is 2.08. The molecular weight excluding hydrogens is 238 g/mol. The minimum absolute atomic E-state index is 0.0272. The highest BCUT2D eigenvalue weighted by Gasteiger charge is 2.19. The lowest BCUT2D eigenvalue weighted by atomic mass is 10.1. The van der Waals surface area contributed by atoms with E-state index in [0.717, 1.165) is 31.5 Å². The summed E-state index contributed by atoms with van der Waals surface area (Å²) in [6.07, 6.45) is 4.93. The fourth-order valence-corrected chi connectivity index (χ4v) is 3.39. The van der Waals surface area contributed by atoms with Crippen LogP contribution in [0, 0.1) is 0 Å². The first-order valence-corrected chi connectivity index (χ1v) is 7.40. The van der Waals surface area contributed by atoms with Crippen molar-refractivity contribution in [1.29, 1.82) is 0 Å². The second kappa shape index (κ2) is 5.57. The maximum absolute atomic E-state index is 11.9. The van der Waals surface area contributed by atoms with Crippen molar-refractivity contribution in [2.75, 3.05) is 13.1 Å². The van der Waals surface area contributed by atoms with E-state index in [1.807, 2.05) is 0 Å². The average Bonchev–Trinajstić information content (AvgIpc) is 2.30. The molecule has 0 atom stereocenters. The Morgan fingerprint density at radius 2 is 1.94 bits per heavy atom. The highest BCUT2D eigenvalue weighted by atomic mass is 32.2. The topological polar surface area (TPSA) is 71.1 Å². The molecule has 5 nitrogen and oxygen atoms in total. The summed E-state index contributed by atoms with van der Waals surface area (Å²) in [4.78, 5) is 3.87. The third-order valence-corrected chi connectivity index (χ3v) is 4.20. The maximum atomic E-state index is 11.9. The summed E-state index contributed by atoms with van der Waals surface area (Å²) < 4.78 is 26.6. The summed E-state index contributed by atoms with van der Waals surface area (Å²) in [5.41, 5.74) is 0.765. The van der Waals surface area contributed by atoms with Gasteiger partial charge in [0.05, 0.1) is 5.75 Å². The van der Waals surface area contributed by atoms with Crippen LogP contribution in [-0.2, 0) is 15.8 Å². The minimum atomic E-state index is -3.24. The first-order chi connectivity index (χ1) is 8.16. The Hall–Kier alpha value is -0.980. The lowest BCUT2D eigenvalue weighted by Crippen LogP contribution is -2.43. The van der Waals surface area contributed by atoms with Gasteiger partial charge in [-0.3, -0.25) is 4.98 Å². The Morgan fingerprint density at radius 3 is 2.59 bits per heavy atom. The summed E-state index contributed by atoms with van der Waals surface area (Å²) in [5.74, 6) is 0.0272. The monoisotopic (exact) mass is 255 g/mol. The number of nitrogens with zero attached hydrogens (tertiary/aromatic N) is 1. The van der Waals surface area contributed by atoms with Gasteiger partial charge in [0.1, 0.15) is 0 Å². The standard InChI is InChI=1S/C11H17N3O2S/c15-17(16,9-10-1-5-12-6-2-10)14-11-3-7-13-8-4-11/h1-2,5-6,11,13-14H,3-4,7-9H2. The number of hydrogen-bond donors (Lipinski definition) is 2. The molecule has 17 heavy (non-hydrogen) atoms. The molecule has 0 bridgehead atoms. The van der Waals surface area contributed by atoms with Gasteiger partial charge in [0.2, 0.25) is 10.0 Å². The van der Waals surface area contributed by atoms with Crippen molar-refractivity contribution in [1.82, 2.24) is 15.0 Å². The van der Waals surface area contributed by atoms with Crippen molar-refractivity contribution in [2.45, 2.75) is 24.6 Å². The summed E-state index contributed by atoms with van der Waals surface area (Å²) in [6.45, 7) is 1.75. The largest absolute Gasteiger partial charge is 0.317 e. The predicted molar refractivity (Wildman–Crippen MR) is 65.9 cm³/mol. The first kappa shape index (κ1) is 12.5. The predicted octanol–water partition coefficient (Wildman–Crippen LogP) is 0.253. The smallest absolute Gasteiger partial charge is 0.216 e. The molecule has 0 saturated carbocycles. The molecule has 6 heteroatoms. The van der Waals surface area contributed by atoms with Crippen LogP contribution in [0.25, 0.3) is 0 Å². The van der Waals surface area contributed by atoms with Crippen LogP contribution in [0.1, 0.15) is 18.4 Å². The average molecular weight is 255 g/mol. The number of rotatable bonds is 4. The minimum Gasteiger partial charge on any atom is -0.317 e. The maximum Gasteiger partial charge on any atom is 0.216 e. The Bertz CT molecular complexity index is 441. The Kier molecular flexibility index (Phi) is 4.09. The van der Waals surface area contributed by atoms with E-state index in [0.29, 0.717) is 0 Å². The van der Waals surface area contributed by atoms with Crippen LogP contribution in [0.2, 0.25) is 0 Å². The van der Waals surface area contributed by atoms with Gasteiger partial charge in [0, 0.05) is 18.4 Å². The van der Waals surface area contributed by atoms with E-state index < -0.39 is 10.0 Å². The molecule has 1 aromatic rings. The number of hydrogen-bond acceptors (Lipinski definition) is 4. The molecule has 1 fully saturated rings. The van der Waals surface area contributed by atoms with Crippen LogP contribution >= 0.6 is 0 Å². The molecule has 0 aliphatic carbocycles. The van der Waals surface area contributed by atoms with Gasteiger partial charge in [-0.05, 0) is 43.6 Å². The quantitative estimate of drug-likeness (QED) is 0.809. The number of piperidine rings is 1. The molecule has 0 unspecified atom stereocenters. The van der Waals surface area contributed by atoms with E-state index in [4.69, 9.17) is 0 Å². The Balaban J connectivity index is 1.94. The fourth-order valence-electron chi connectivity index (χ4n) is 1.93. The van der Waals surface area contributed by atoms with Crippen molar-refractivity contribution >= 4 is 10.0 Å².